The summed E-state index contributed by atoms with van der Waals surface area (Å²) in [6.07, 6.45) is 0. The quantitative estimate of drug-likeness (QED) is 0.364. The van der Waals surface area contributed by atoms with Crippen LogP contribution in [0.2, 0.25) is 5.02 Å². The minimum absolute atomic E-state index is 0.182. The third kappa shape index (κ3) is 4.79. The molecule has 0 radical (unpaired) electrons. The Labute approximate surface area is 183 Å². The van der Waals surface area contributed by atoms with E-state index >= 15 is 0 Å². The number of thiazole rings is 1. The third-order valence-corrected chi connectivity index (χ3v) is 5.38. The molecule has 4 aromatic rings. The maximum absolute atomic E-state index is 12.5. The van der Waals surface area contributed by atoms with E-state index in [9.17, 15) is 4.79 Å². The summed E-state index contributed by atoms with van der Waals surface area (Å²) in [5.74, 6) is 0.526. The molecule has 150 valence electrons. The Kier molecular flexibility index (Phi) is 5.97. The second-order valence-electron chi connectivity index (χ2n) is 6.43. The Hall–Kier alpha value is -3.35. The van der Waals surface area contributed by atoms with Crippen molar-refractivity contribution in [3.63, 3.8) is 0 Å². The van der Waals surface area contributed by atoms with Crippen molar-refractivity contribution >= 4 is 45.4 Å². The van der Waals surface area contributed by atoms with Crippen LogP contribution in [0.5, 0.6) is 5.75 Å². The average Bonchev–Trinajstić information content (AvgIpc) is 3.24. The Balaban J connectivity index is 1.47. The van der Waals surface area contributed by atoms with Gasteiger partial charge in [0.2, 0.25) is 0 Å². The number of nitrogens with one attached hydrogen (secondary N) is 2. The van der Waals surface area contributed by atoms with E-state index < -0.39 is 0 Å². The van der Waals surface area contributed by atoms with Gasteiger partial charge in [0.25, 0.3) is 5.91 Å². The number of hydrogen-bond acceptors (Lipinski definition) is 5. The number of benzene rings is 3. The predicted molar refractivity (Wildman–Crippen MR) is 123 cm³/mol. The number of carbonyl (C=O) groups is 1. The smallest absolute Gasteiger partial charge is 0.255 e. The monoisotopic (exact) mass is 435 g/mol. The number of hydrogen-bond donors (Lipinski definition) is 2. The number of carbonyl (C=O) groups excluding carboxylic acids is 1. The summed E-state index contributed by atoms with van der Waals surface area (Å²) in [5.41, 5.74) is 3.93. The van der Waals surface area contributed by atoms with Crippen LogP contribution in [0.3, 0.4) is 0 Å². The molecule has 7 heteroatoms. The number of methoxy groups -OCH3 is 1. The molecule has 0 bridgehead atoms. The lowest BCUT2D eigenvalue weighted by atomic mass is 10.1. The van der Waals surface area contributed by atoms with Crippen LogP contribution >= 0.6 is 22.9 Å². The molecular formula is C23H18ClN3O2S. The molecule has 0 aliphatic heterocycles. The van der Waals surface area contributed by atoms with Gasteiger partial charge in [-0.25, -0.2) is 4.98 Å². The fourth-order valence-electron chi connectivity index (χ4n) is 2.82. The van der Waals surface area contributed by atoms with Gasteiger partial charge in [-0.3, -0.25) is 4.79 Å². The average molecular weight is 436 g/mol. The van der Waals surface area contributed by atoms with Gasteiger partial charge >= 0.3 is 0 Å². The first kappa shape index (κ1) is 19.9. The van der Waals surface area contributed by atoms with E-state index in [1.54, 1.807) is 31.4 Å². The molecule has 4 rings (SSSR count). The van der Waals surface area contributed by atoms with Gasteiger partial charge in [-0.1, -0.05) is 23.7 Å². The van der Waals surface area contributed by atoms with Crippen LogP contribution < -0.4 is 15.4 Å². The van der Waals surface area contributed by atoms with Crippen LogP contribution in [0.25, 0.3) is 11.3 Å². The van der Waals surface area contributed by atoms with Crippen molar-refractivity contribution in [1.29, 1.82) is 0 Å². The lowest BCUT2D eigenvalue weighted by molar-refractivity contribution is 0.102. The second-order valence-corrected chi connectivity index (χ2v) is 7.73. The molecule has 5 nitrogen and oxygen atoms in total. The van der Waals surface area contributed by atoms with Crippen LogP contribution in [-0.4, -0.2) is 18.0 Å². The molecule has 30 heavy (non-hydrogen) atoms. The number of amides is 1. The van der Waals surface area contributed by atoms with Gasteiger partial charge in [-0.05, 0) is 60.7 Å². The summed E-state index contributed by atoms with van der Waals surface area (Å²) in [6, 6.07) is 22.0. The van der Waals surface area contributed by atoms with Crippen molar-refractivity contribution in [2.24, 2.45) is 0 Å². The summed E-state index contributed by atoms with van der Waals surface area (Å²) in [4.78, 5) is 17.2. The van der Waals surface area contributed by atoms with Crippen molar-refractivity contribution in [2.75, 3.05) is 17.7 Å². The van der Waals surface area contributed by atoms with Crippen molar-refractivity contribution in [1.82, 2.24) is 4.98 Å². The molecule has 3 aromatic carbocycles. The van der Waals surface area contributed by atoms with Crippen LogP contribution in [-0.2, 0) is 0 Å². The Morgan fingerprint density at radius 1 is 1.00 bits per heavy atom. The number of aromatic nitrogens is 1. The molecule has 0 saturated carbocycles. The van der Waals surface area contributed by atoms with Gasteiger partial charge in [-0.15, -0.1) is 11.3 Å². The standard InChI is InChI=1S/C23H18ClN3O2S/c1-29-20-11-5-15(6-12-20)22(28)25-19-4-2-3-16(13-19)21-14-30-23(27-21)26-18-9-7-17(24)8-10-18/h2-14H,1H3,(H,25,28)(H,26,27). The SMILES string of the molecule is COc1ccc(C(=O)Nc2cccc(-c3csc(Nc4ccc(Cl)cc4)n3)c2)cc1. The van der Waals surface area contributed by atoms with Gasteiger partial charge in [0, 0.05) is 32.9 Å². The largest absolute Gasteiger partial charge is 0.497 e. The Bertz CT molecular complexity index is 1160. The summed E-state index contributed by atoms with van der Waals surface area (Å²) < 4.78 is 5.13. The molecule has 1 aromatic heterocycles. The summed E-state index contributed by atoms with van der Waals surface area (Å²) in [7, 11) is 1.59. The maximum atomic E-state index is 12.5. The summed E-state index contributed by atoms with van der Waals surface area (Å²) >= 11 is 7.44. The fourth-order valence-corrected chi connectivity index (χ4v) is 3.69. The van der Waals surface area contributed by atoms with E-state index in [0.717, 1.165) is 22.1 Å². The fraction of sp³-hybridized carbons (Fsp3) is 0.0435. The third-order valence-electron chi connectivity index (χ3n) is 4.37. The Morgan fingerprint density at radius 2 is 1.77 bits per heavy atom. The summed E-state index contributed by atoms with van der Waals surface area (Å²) in [5, 5.41) is 9.63. The zero-order valence-corrected chi connectivity index (χ0v) is 17.6. The highest BCUT2D eigenvalue weighted by Crippen LogP contribution is 2.29. The van der Waals surface area contributed by atoms with Crippen LogP contribution in [0.4, 0.5) is 16.5 Å². The molecule has 0 aliphatic rings. The normalized spacial score (nSPS) is 10.5. The lowest BCUT2D eigenvalue weighted by Gasteiger charge is -2.07. The zero-order chi connectivity index (χ0) is 20.9. The molecular weight excluding hydrogens is 418 g/mol. The first-order valence-corrected chi connectivity index (χ1v) is 10.4. The molecule has 0 aliphatic carbocycles. The summed E-state index contributed by atoms with van der Waals surface area (Å²) in [6.45, 7) is 0. The topological polar surface area (TPSA) is 63.2 Å². The van der Waals surface area contributed by atoms with Gasteiger partial charge < -0.3 is 15.4 Å². The van der Waals surface area contributed by atoms with Gasteiger partial charge in [0.1, 0.15) is 5.75 Å². The molecule has 0 unspecified atom stereocenters. The van der Waals surface area contributed by atoms with E-state index in [1.165, 1.54) is 11.3 Å². The minimum Gasteiger partial charge on any atom is -0.497 e. The molecule has 0 spiro atoms. The molecule has 2 N–H and O–H groups in total. The number of rotatable bonds is 6. The van der Waals surface area contributed by atoms with E-state index in [-0.39, 0.29) is 5.91 Å². The van der Waals surface area contributed by atoms with Crippen LogP contribution in [0.1, 0.15) is 10.4 Å². The number of halogens is 1. The van der Waals surface area contributed by atoms with Crippen molar-refractivity contribution in [3.05, 3.63) is 88.8 Å². The highest BCUT2D eigenvalue weighted by molar-refractivity contribution is 7.14. The number of nitrogens with zero attached hydrogens (tertiary/aromatic N) is 1. The van der Waals surface area contributed by atoms with Crippen molar-refractivity contribution in [2.45, 2.75) is 0 Å². The van der Waals surface area contributed by atoms with Crippen LogP contribution in [0.15, 0.2) is 78.2 Å². The van der Waals surface area contributed by atoms with E-state index in [1.807, 2.05) is 53.9 Å². The number of anilines is 3. The van der Waals surface area contributed by atoms with Gasteiger partial charge in [-0.2, -0.15) is 0 Å². The van der Waals surface area contributed by atoms with Crippen LogP contribution in [0, 0.1) is 0 Å². The van der Waals surface area contributed by atoms with Gasteiger partial charge in [0.05, 0.1) is 12.8 Å². The first-order chi connectivity index (χ1) is 14.6. The van der Waals surface area contributed by atoms with E-state index in [0.29, 0.717) is 22.0 Å². The molecule has 1 amide bonds. The Morgan fingerprint density at radius 3 is 2.50 bits per heavy atom. The van der Waals surface area contributed by atoms with E-state index in [4.69, 9.17) is 16.3 Å². The number of ether oxygens (including phenoxy) is 1. The molecule has 0 atom stereocenters. The van der Waals surface area contributed by atoms with Gasteiger partial charge in [0.15, 0.2) is 5.13 Å². The molecule has 0 fully saturated rings. The molecule has 0 saturated heterocycles. The predicted octanol–water partition coefficient (Wildman–Crippen LogP) is 6.47. The minimum atomic E-state index is -0.182. The zero-order valence-electron chi connectivity index (χ0n) is 16.1. The molecule has 1 heterocycles. The maximum Gasteiger partial charge on any atom is 0.255 e. The van der Waals surface area contributed by atoms with E-state index in [2.05, 4.69) is 15.6 Å². The second kappa shape index (κ2) is 8.98. The first-order valence-electron chi connectivity index (χ1n) is 9.15. The van der Waals surface area contributed by atoms with Crippen molar-refractivity contribution < 1.29 is 9.53 Å². The van der Waals surface area contributed by atoms with Crippen molar-refractivity contribution in [3.8, 4) is 17.0 Å². The highest BCUT2D eigenvalue weighted by Gasteiger charge is 2.09. The lowest BCUT2D eigenvalue weighted by Crippen LogP contribution is -2.11. The highest BCUT2D eigenvalue weighted by atomic mass is 35.5.